The Kier molecular flexibility index (Phi) is 4.84. The van der Waals surface area contributed by atoms with E-state index in [1.165, 1.54) is 6.07 Å². The van der Waals surface area contributed by atoms with Gasteiger partial charge in [-0.1, -0.05) is 18.2 Å². The number of anilines is 1. The van der Waals surface area contributed by atoms with Crippen LogP contribution in [0.3, 0.4) is 0 Å². The van der Waals surface area contributed by atoms with E-state index in [1.807, 2.05) is 17.2 Å². The molecule has 5 nitrogen and oxygen atoms in total. The Bertz CT molecular complexity index is 633. The lowest BCUT2D eigenvalue weighted by molar-refractivity contribution is 0.0948. The number of nitrogens with one attached hydrogen (secondary N) is 1. The number of aromatic nitrogens is 1. The second-order valence-electron chi connectivity index (χ2n) is 4.45. The number of nitrogen functional groups attached to an aromatic ring is 1. The summed E-state index contributed by atoms with van der Waals surface area (Å²) in [5.41, 5.74) is 3.45. The van der Waals surface area contributed by atoms with Gasteiger partial charge in [-0.2, -0.15) is 0 Å². The molecule has 1 aromatic heterocycles. The van der Waals surface area contributed by atoms with Gasteiger partial charge >= 0.3 is 0 Å². The van der Waals surface area contributed by atoms with Gasteiger partial charge < -0.3 is 4.90 Å². The highest BCUT2D eigenvalue weighted by atomic mass is 19.1. The second-order valence-corrected chi connectivity index (χ2v) is 4.45. The van der Waals surface area contributed by atoms with Crippen LogP contribution in [0.15, 0.2) is 42.5 Å². The molecule has 0 atom stereocenters. The van der Waals surface area contributed by atoms with Crippen molar-refractivity contribution in [1.29, 1.82) is 0 Å². The first-order valence-corrected chi connectivity index (χ1v) is 6.62. The lowest BCUT2D eigenvalue weighted by Crippen LogP contribution is -2.31. The third kappa shape index (κ3) is 3.55. The molecule has 0 unspecified atom stereocenters. The van der Waals surface area contributed by atoms with Crippen LogP contribution in [0.1, 0.15) is 23.1 Å². The number of amides is 1. The average molecular weight is 288 g/mol. The van der Waals surface area contributed by atoms with Crippen molar-refractivity contribution in [1.82, 2.24) is 10.4 Å². The second kappa shape index (κ2) is 6.81. The van der Waals surface area contributed by atoms with E-state index in [-0.39, 0.29) is 11.5 Å². The standard InChI is InChI=1S/C15H17FN4O/c1-2-20(14-9-4-3-7-12(14)16)10-11-6-5-8-13(18-11)15(21)19-17/h3-9H,2,10,17H2,1H3,(H,19,21). The molecule has 0 aliphatic carbocycles. The normalized spacial score (nSPS) is 10.2. The molecular formula is C15H17FN4O. The number of carbonyl (C=O) groups excluding carboxylic acids is 1. The Labute approximate surface area is 122 Å². The summed E-state index contributed by atoms with van der Waals surface area (Å²) in [7, 11) is 0. The van der Waals surface area contributed by atoms with Gasteiger partial charge in [-0.15, -0.1) is 0 Å². The van der Waals surface area contributed by atoms with Crippen LogP contribution in [-0.4, -0.2) is 17.4 Å². The summed E-state index contributed by atoms with van der Waals surface area (Å²) in [5, 5.41) is 0. The number of para-hydroxylation sites is 1. The molecule has 2 aromatic rings. The van der Waals surface area contributed by atoms with E-state index in [0.29, 0.717) is 24.5 Å². The summed E-state index contributed by atoms with van der Waals surface area (Å²) < 4.78 is 13.8. The topological polar surface area (TPSA) is 71.2 Å². The SMILES string of the molecule is CCN(Cc1cccc(C(=O)NN)n1)c1ccccc1F. The van der Waals surface area contributed by atoms with E-state index >= 15 is 0 Å². The molecule has 0 aliphatic heterocycles. The van der Waals surface area contributed by atoms with Gasteiger partial charge in [0.2, 0.25) is 0 Å². The molecule has 2 rings (SSSR count). The van der Waals surface area contributed by atoms with Gasteiger partial charge in [0.15, 0.2) is 0 Å². The predicted molar refractivity (Wildman–Crippen MR) is 79.0 cm³/mol. The van der Waals surface area contributed by atoms with Crippen LogP contribution >= 0.6 is 0 Å². The lowest BCUT2D eigenvalue weighted by Gasteiger charge is -2.23. The van der Waals surface area contributed by atoms with E-state index in [2.05, 4.69) is 4.98 Å². The molecule has 1 amide bonds. The Morgan fingerprint density at radius 3 is 2.71 bits per heavy atom. The van der Waals surface area contributed by atoms with Crippen LogP contribution in [-0.2, 0) is 6.54 Å². The summed E-state index contributed by atoms with van der Waals surface area (Å²) >= 11 is 0. The van der Waals surface area contributed by atoms with Gasteiger partial charge in [-0.05, 0) is 31.2 Å². The minimum Gasteiger partial charge on any atom is -0.364 e. The summed E-state index contributed by atoms with van der Waals surface area (Å²) in [5.74, 6) is 4.36. The highest BCUT2D eigenvalue weighted by molar-refractivity contribution is 5.91. The van der Waals surface area contributed by atoms with Gasteiger partial charge in [-0.3, -0.25) is 10.2 Å². The smallest absolute Gasteiger partial charge is 0.283 e. The first kappa shape index (κ1) is 14.9. The van der Waals surface area contributed by atoms with E-state index in [0.717, 1.165) is 0 Å². The molecule has 0 aliphatic rings. The highest BCUT2D eigenvalue weighted by Gasteiger charge is 2.12. The maximum absolute atomic E-state index is 13.8. The molecule has 1 heterocycles. The van der Waals surface area contributed by atoms with Crippen LogP contribution in [0.2, 0.25) is 0 Å². The minimum absolute atomic E-state index is 0.236. The molecule has 6 heteroatoms. The van der Waals surface area contributed by atoms with Crippen molar-refractivity contribution in [3.63, 3.8) is 0 Å². The fourth-order valence-corrected chi connectivity index (χ4v) is 2.04. The zero-order valence-corrected chi connectivity index (χ0v) is 11.7. The van der Waals surface area contributed by atoms with Gasteiger partial charge in [0.1, 0.15) is 11.5 Å². The number of pyridine rings is 1. The van der Waals surface area contributed by atoms with Crippen molar-refractivity contribution < 1.29 is 9.18 Å². The number of nitrogens with two attached hydrogens (primary N) is 1. The van der Waals surface area contributed by atoms with Gasteiger partial charge in [-0.25, -0.2) is 15.2 Å². The third-order valence-electron chi connectivity index (χ3n) is 3.10. The number of hydrogen-bond donors (Lipinski definition) is 2. The Hall–Kier alpha value is -2.47. The first-order chi connectivity index (χ1) is 10.2. The van der Waals surface area contributed by atoms with Crippen molar-refractivity contribution >= 4 is 11.6 Å². The molecule has 0 radical (unpaired) electrons. The molecule has 0 saturated carbocycles. The maximum atomic E-state index is 13.8. The molecule has 1 aromatic carbocycles. The number of hydrazine groups is 1. The Balaban J connectivity index is 2.23. The predicted octanol–water partition coefficient (Wildman–Crippen LogP) is 1.85. The van der Waals surface area contributed by atoms with Crippen molar-refractivity contribution in [3.05, 3.63) is 59.7 Å². The highest BCUT2D eigenvalue weighted by Crippen LogP contribution is 2.20. The van der Waals surface area contributed by atoms with E-state index < -0.39 is 5.91 Å². The maximum Gasteiger partial charge on any atom is 0.283 e. The van der Waals surface area contributed by atoms with Gasteiger partial charge in [0.05, 0.1) is 17.9 Å². The van der Waals surface area contributed by atoms with E-state index in [4.69, 9.17) is 5.84 Å². The summed E-state index contributed by atoms with van der Waals surface area (Å²) in [4.78, 5) is 17.6. The first-order valence-electron chi connectivity index (χ1n) is 6.62. The number of carbonyl (C=O) groups is 1. The molecule has 0 bridgehead atoms. The van der Waals surface area contributed by atoms with Gasteiger partial charge in [0.25, 0.3) is 5.91 Å². The van der Waals surface area contributed by atoms with Crippen molar-refractivity contribution in [2.75, 3.05) is 11.4 Å². The Morgan fingerprint density at radius 2 is 2.05 bits per heavy atom. The van der Waals surface area contributed by atoms with E-state index in [1.54, 1.807) is 36.4 Å². The Morgan fingerprint density at radius 1 is 1.29 bits per heavy atom. The number of nitrogens with zero attached hydrogens (tertiary/aromatic N) is 2. The monoisotopic (exact) mass is 288 g/mol. The number of halogens is 1. The van der Waals surface area contributed by atoms with Crippen LogP contribution in [0.4, 0.5) is 10.1 Å². The van der Waals surface area contributed by atoms with Crippen LogP contribution < -0.4 is 16.2 Å². The summed E-state index contributed by atoms with van der Waals surface area (Å²) in [6, 6.07) is 11.7. The largest absolute Gasteiger partial charge is 0.364 e. The molecule has 0 fully saturated rings. The molecule has 110 valence electrons. The minimum atomic E-state index is -0.453. The van der Waals surface area contributed by atoms with Crippen LogP contribution in [0.25, 0.3) is 0 Å². The van der Waals surface area contributed by atoms with Crippen LogP contribution in [0.5, 0.6) is 0 Å². The van der Waals surface area contributed by atoms with E-state index in [9.17, 15) is 9.18 Å². The van der Waals surface area contributed by atoms with Crippen molar-refractivity contribution in [2.45, 2.75) is 13.5 Å². The number of rotatable bonds is 5. The third-order valence-corrected chi connectivity index (χ3v) is 3.10. The summed E-state index contributed by atoms with van der Waals surface area (Å²) in [6.07, 6.45) is 0. The van der Waals surface area contributed by atoms with Crippen molar-refractivity contribution in [3.8, 4) is 0 Å². The van der Waals surface area contributed by atoms with Crippen molar-refractivity contribution in [2.24, 2.45) is 5.84 Å². The quantitative estimate of drug-likeness (QED) is 0.500. The molecule has 21 heavy (non-hydrogen) atoms. The number of benzene rings is 1. The fraction of sp³-hybridized carbons (Fsp3) is 0.200. The number of hydrogen-bond acceptors (Lipinski definition) is 4. The average Bonchev–Trinajstić information content (AvgIpc) is 2.53. The molecule has 3 N–H and O–H groups in total. The zero-order valence-electron chi connectivity index (χ0n) is 11.7. The van der Waals surface area contributed by atoms with Crippen LogP contribution in [0, 0.1) is 5.82 Å². The molecular weight excluding hydrogens is 271 g/mol. The van der Waals surface area contributed by atoms with Gasteiger partial charge in [0, 0.05) is 6.54 Å². The molecule has 0 saturated heterocycles. The fourth-order valence-electron chi connectivity index (χ4n) is 2.04. The summed E-state index contributed by atoms with van der Waals surface area (Å²) in [6.45, 7) is 2.96. The zero-order chi connectivity index (χ0) is 15.2. The molecule has 0 spiro atoms. The lowest BCUT2D eigenvalue weighted by atomic mass is 10.2.